The molecule has 2 heterocycles. The molecular weight excluding hydrogens is 262 g/mol. The molecule has 120 valence electrons. The molecule has 4 heteroatoms. The van der Waals surface area contributed by atoms with Crippen LogP contribution in [0.25, 0.3) is 0 Å². The Hall–Kier alpha value is -0.900. The number of hydrogen-bond donors (Lipinski definition) is 1. The Morgan fingerprint density at radius 2 is 2.05 bits per heavy atom. The zero-order valence-corrected chi connectivity index (χ0v) is 13.6. The lowest BCUT2D eigenvalue weighted by Crippen LogP contribution is -2.42. The largest absolute Gasteiger partial charge is 0.317 e. The summed E-state index contributed by atoms with van der Waals surface area (Å²) in [6, 6.07) is 0. The van der Waals surface area contributed by atoms with Crippen molar-refractivity contribution >= 4 is 11.7 Å². The summed E-state index contributed by atoms with van der Waals surface area (Å²) in [5, 5.41) is 3.41. The first kappa shape index (κ1) is 16.5. The second-order valence-electron chi connectivity index (χ2n) is 6.41. The molecule has 2 rings (SSSR count). The molecule has 0 aromatic carbocycles. The number of unbranched alkanes of at least 4 members (excludes halogenated alkanes) is 1. The minimum Gasteiger partial charge on any atom is -0.317 e. The van der Waals surface area contributed by atoms with E-state index < -0.39 is 0 Å². The van der Waals surface area contributed by atoms with Crippen LogP contribution in [0.4, 0.5) is 0 Å². The Bertz CT molecular complexity index is 348. The van der Waals surface area contributed by atoms with Gasteiger partial charge in [-0.1, -0.05) is 19.8 Å². The summed E-state index contributed by atoms with van der Waals surface area (Å²) in [6.07, 6.45) is 9.63. The number of nitrogens with one attached hydrogen (secondary N) is 1. The van der Waals surface area contributed by atoms with Gasteiger partial charge < -0.3 is 10.2 Å². The van der Waals surface area contributed by atoms with Crippen molar-refractivity contribution in [1.29, 1.82) is 0 Å². The fourth-order valence-corrected chi connectivity index (χ4v) is 3.22. The van der Waals surface area contributed by atoms with Crippen LogP contribution in [0.1, 0.15) is 64.7 Å². The van der Waals surface area contributed by atoms with E-state index in [0.29, 0.717) is 18.2 Å². The lowest BCUT2D eigenvalue weighted by molar-refractivity contribution is -0.128. The smallest absolute Gasteiger partial charge is 0.227 e. The molecule has 2 aliphatic rings. The summed E-state index contributed by atoms with van der Waals surface area (Å²) >= 11 is 0. The first-order valence-corrected chi connectivity index (χ1v) is 8.85. The number of hydrogen-bond acceptors (Lipinski definition) is 3. The molecule has 0 saturated carbocycles. The molecule has 1 saturated heterocycles. The molecule has 1 fully saturated rings. The van der Waals surface area contributed by atoms with Crippen molar-refractivity contribution in [2.75, 3.05) is 26.2 Å². The van der Waals surface area contributed by atoms with Crippen molar-refractivity contribution in [1.82, 2.24) is 10.2 Å². The van der Waals surface area contributed by atoms with Crippen LogP contribution in [0.2, 0.25) is 0 Å². The summed E-state index contributed by atoms with van der Waals surface area (Å²) in [6.45, 7) is 6.18. The highest BCUT2D eigenvalue weighted by Crippen LogP contribution is 2.18. The van der Waals surface area contributed by atoms with Crippen molar-refractivity contribution in [3.8, 4) is 0 Å². The third-order valence-corrected chi connectivity index (χ3v) is 4.61. The van der Waals surface area contributed by atoms with Gasteiger partial charge in [0, 0.05) is 25.9 Å². The highest BCUT2D eigenvalue weighted by molar-refractivity contribution is 5.98. The van der Waals surface area contributed by atoms with Crippen LogP contribution >= 0.6 is 0 Å². The number of rotatable bonds is 5. The Morgan fingerprint density at radius 3 is 2.81 bits per heavy atom. The van der Waals surface area contributed by atoms with E-state index in [1.165, 1.54) is 12.8 Å². The van der Waals surface area contributed by atoms with E-state index in [9.17, 15) is 4.79 Å². The number of amides is 1. The average Bonchev–Trinajstić information content (AvgIpc) is 2.59. The van der Waals surface area contributed by atoms with E-state index in [0.717, 1.165) is 70.5 Å². The Balaban J connectivity index is 2.05. The van der Waals surface area contributed by atoms with Crippen LogP contribution in [0.5, 0.6) is 0 Å². The lowest BCUT2D eigenvalue weighted by Gasteiger charge is -2.31. The standard InChI is InChI=1S/C17H31N3O/c1-2-3-7-16-19-11-6-4-5-8-17(21)20(16)14-15-9-12-18-13-10-15/h15,18H,2-14H2,1H3. The van der Waals surface area contributed by atoms with Gasteiger partial charge in [0.05, 0.1) is 0 Å². The van der Waals surface area contributed by atoms with Crippen molar-refractivity contribution in [2.24, 2.45) is 10.9 Å². The summed E-state index contributed by atoms with van der Waals surface area (Å²) in [4.78, 5) is 19.4. The highest BCUT2D eigenvalue weighted by atomic mass is 16.2. The minimum absolute atomic E-state index is 0.310. The first-order chi connectivity index (χ1) is 10.3. The maximum atomic E-state index is 12.6. The van der Waals surface area contributed by atoms with Gasteiger partial charge in [-0.25, -0.2) is 0 Å². The van der Waals surface area contributed by atoms with E-state index in [1.54, 1.807) is 0 Å². The highest BCUT2D eigenvalue weighted by Gasteiger charge is 2.24. The topological polar surface area (TPSA) is 44.7 Å². The minimum atomic E-state index is 0.310. The van der Waals surface area contributed by atoms with E-state index in [4.69, 9.17) is 4.99 Å². The third kappa shape index (κ3) is 5.42. The van der Waals surface area contributed by atoms with Gasteiger partial charge in [0.2, 0.25) is 5.91 Å². The van der Waals surface area contributed by atoms with Crippen LogP contribution in [-0.2, 0) is 4.79 Å². The molecule has 0 aliphatic carbocycles. The number of carbonyl (C=O) groups is 1. The van der Waals surface area contributed by atoms with Gasteiger partial charge in [-0.05, 0) is 51.1 Å². The average molecular weight is 293 g/mol. The second-order valence-corrected chi connectivity index (χ2v) is 6.41. The maximum Gasteiger partial charge on any atom is 0.227 e. The molecule has 1 amide bonds. The predicted molar refractivity (Wildman–Crippen MR) is 87.6 cm³/mol. The van der Waals surface area contributed by atoms with Crippen molar-refractivity contribution in [3.63, 3.8) is 0 Å². The molecule has 0 spiro atoms. The van der Waals surface area contributed by atoms with Gasteiger partial charge in [0.25, 0.3) is 0 Å². The van der Waals surface area contributed by atoms with E-state index in [1.807, 2.05) is 0 Å². The fourth-order valence-electron chi connectivity index (χ4n) is 3.22. The quantitative estimate of drug-likeness (QED) is 0.847. The van der Waals surface area contributed by atoms with E-state index in [2.05, 4.69) is 17.1 Å². The molecule has 0 aromatic rings. The van der Waals surface area contributed by atoms with Gasteiger partial charge >= 0.3 is 0 Å². The van der Waals surface area contributed by atoms with Crippen LogP contribution in [0.3, 0.4) is 0 Å². The van der Waals surface area contributed by atoms with Gasteiger partial charge in [-0.2, -0.15) is 0 Å². The van der Waals surface area contributed by atoms with E-state index in [-0.39, 0.29) is 0 Å². The number of carbonyl (C=O) groups excluding carboxylic acids is 1. The summed E-state index contributed by atoms with van der Waals surface area (Å²) in [5.41, 5.74) is 0. The molecule has 0 atom stereocenters. The monoisotopic (exact) mass is 293 g/mol. The zero-order valence-electron chi connectivity index (χ0n) is 13.6. The zero-order chi connectivity index (χ0) is 14.9. The number of piperidine rings is 1. The Morgan fingerprint density at radius 1 is 1.24 bits per heavy atom. The number of aliphatic imine (C=N–C) groups is 1. The second kappa shape index (κ2) is 9.19. The van der Waals surface area contributed by atoms with Gasteiger partial charge in [-0.15, -0.1) is 0 Å². The molecule has 21 heavy (non-hydrogen) atoms. The number of amidine groups is 1. The Kier molecular flexibility index (Phi) is 7.20. The van der Waals surface area contributed by atoms with Crippen molar-refractivity contribution < 1.29 is 4.79 Å². The molecule has 1 N–H and O–H groups in total. The van der Waals surface area contributed by atoms with Gasteiger partial charge in [0.15, 0.2) is 0 Å². The van der Waals surface area contributed by atoms with Crippen LogP contribution in [0, 0.1) is 5.92 Å². The lowest BCUT2D eigenvalue weighted by atomic mass is 9.97. The van der Waals surface area contributed by atoms with Crippen molar-refractivity contribution in [3.05, 3.63) is 0 Å². The molecule has 0 radical (unpaired) electrons. The summed E-state index contributed by atoms with van der Waals surface area (Å²) < 4.78 is 0. The van der Waals surface area contributed by atoms with Crippen LogP contribution < -0.4 is 5.32 Å². The third-order valence-electron chi connectivity index (χ3n) is 4.61. The first-order valence-electron chi connectivity index (χ1n) is 8.85. The van der Waals surface area contributed by atoms with Crippen molar-refractivity contribution in [2.45, 2.75) is 64.7 Å². The molecule has 0 aromatic heterocycles. The van der Waals surface area contributed by atoms with E-state index >= 15 is 0 Å². The molecule has 2 aliphatic heterocycles. The molecule has 4 nitrogen and oxygen atoms in total. The van der Waals surface area contributed by atoms with Gasteiger partial charge in [0.1, 0.15) is 5.84 Å². The maximum absolute atomic E-state index is 12.6. The molecule has 0 bridgehead atoms. The molecular formula is C17H31N3O. The van der Waals surface area contributed by atoms with Crippen LogP contribution in [0.15, 0.2) is 4.99 Å². The number of nitrogens with zero attached hydrogens (tertiary/aromatic N) is 2. The fraction of sp³-hybridized carbons (Fsp3) is 0.882. The van der Waals surface area contributed by atoms with Crippen LogP contribution in [-0.4, -0.2) is 42.8 Å². The normalized spacial score (nSPS) is 22.4. The molecule has 0 unspecified atom stereocenters. The SMILES string of the molecule is CCCCC1=NCCCCCC(=O)N1CC1CCNCC1. The summed E-state index contributed by atoms with van der Waals surface area (Å²) in [5.74, 6) is 2.02. The predicted octanol–water partition coefficient (Wildman–Crippen LogP) is 2.98. The van der Waals surface area contributed by atoms with Gasteiger partial charge in [-0.3, -0.25) is 9.79 Å². The summed E-state index contributed by atoms with van der Waals surface area (Å²) in [7, 11) is 0. The Labute approximate surface area is 129 Å².